The number of hydrazone groups is 1. The van der Waals surface area contributed by atoms with Crippen molar-refractivity contribution in [2.75, 3.05) is 13.1 Å². The maximum Gasteiger partial charge on any atom is 0.294 e. The molecule has 0 amide bonds. The van der Waals surface area contributed by atoms with Crippen molar-refractivity contribution in [3.63, 3.8) is 0 Å². The molecule has 0 radical (unpaired) electrons. The first-order valence-corrected chi connectivity index (χ1v) is 8.02. The third-order valence-electron chi connectivity index (χ3n) is 3.86. The lowest BCUT2D eigenvalue weighted by atomic mass is 10.2. The Labute approximate surface area is 141 Å². The summed E-state index contributed by atoms with van der Waals surface area (Å²) in [6, 6.07) is 7.84. The summed E-state index contributed by atoms with van der Waals surface area (Å²) in [5.74, 6) is 2.66. The molecule has 7 nitrogen and oxygen atoms in total. The number of hydrogen-bond acceptors (Lipinski definition) is 5. The van der Waals surface area contributed by atoms with Crippen molar-refractivity contribution < 1.29 is 9.30 Å². The number of nitrogens with zero attached hydrogens (tertiary/aromatic N) is 4. The van der Waals surface area contributed by atoms with E-state index in [1.165, 1.54) is 0 Å². The van der Waals surface area contributed by atoms with Crippen LogP contribution >= 0.6 is 0 Å². The molecule has 0 saturated heterocycles. The van der Waals surface area contributed by atoms with Crippen molar-refractivity contribution in [2.45, 2.75) is 13.0 Å². The molecule has 0 aliphatic carbocycles. The predicted octanol–water partition coefficient (Wildman–Crippen LogP) is 0.701. The molecule has 2 N–H and O–H groups in total. The van der Waals surface area contributed by atoms with Gasteiger partial charge in [0.25, 0.3) is 5.82 Å². The summed E-state index contributed by atoms with van der Waals surface area (Å²) >= 11 is 0. The number of guanidine groups is 1. The Hall–Kier alpha value is -2.83. The van der Waals surface area contributed by atoms with Crippen molar-refractivity contribution in [3.8, 4) is 5.75 Å². The van der Waals surface area contributed by atoms with Gasteiger partial charge in [-0.1, -0.05) is 0 Å². The van der Waals surface area contributed by atoms with E-state index in [0.717, 1.165) is 42.6 Å². The van der Waals surface area contributed by atoms with Gasteiger partial charge in [-0.25, -0.2) is 14.6 Å². The van der Waals surface area contributed by atoms with Crippen LogP contribution in [0.2, 0.25) is 0 Å². The Morgan fingerprint density at radius 3 is 2.92 bits per heavy atom. The van der Waals surface area contributed by atoms with Crippen molar-refractivity contribution in [1.29, 1.82) is 0 Å². The molecule has 0 saturated carbocycles. The van der Waals surface area contributed by atoms with E-state index in [4.69, 9.17) is 4.74 Å². The summed E-state index contributed by atoms with van der Waals surface area (Å²) in [5.41, 5.74) is 3.91. The van der Waals surface area contributed by atoms with Gasteiger partial charge < -0.3 is 10.1 Å². The lowest BCUT2D eigenvalue weighted by molar-refractivity contribution is -0.680. The molecular formula is C17H23N6O+. The number of benzene rings is 1. The predicted molar refractivity (Wildman–Crippen MR) is 93.0 cm³/mol. The molecule has 0 spiro atoms. The van der Waals surface area contributed by atoms with E-state index in [-0.39, 0.29) is 0 Å². The van der Waals surface area contributed by atoms with Crippen LogP contribution in [0.4, 0.5) is 0 Å². The molecular weight excluding hydrogens is 304 g/mol. The minimum Gasteiger partial charge on any atom is -0.481 e. The first kappa shape index (κ1) is 16.0. The molecule has 1 aromatic heterocycles. The molecule has 0 atom stereocenters. The SMILES string of the molecule is Cn1cc[n+](C)c1COc1ccc(/C=N\NC2=NCCCN2)cc1. The first-order chi connectivity index (χ1) is 11.7. The van der Waals surface area contributed by atoms with Crippen LogP contribution in [-0.4, -0.2) is 29.8 Å². The largest absolute Gasteiger partial charge is 0.481 e. The molecule has 24 heavy (non-hydrogen) atoms. The quantitative estimate of drug-likeness (QED) is 0.483. The minimum absolute atomic E-state index is 0.528. The highest BCUT2D eigenvalue weighted by atomic mass is 16.5. The highest BCUT2D eigenvalue weighted by Gasteiger charge is 2.11. The van der Waals surface area contributed by atoms with E-state index in [0.29, 0.717) is 6.61 Å². The second kappa shape index (κ2) is 7.63. The number of ether oxygens (including phenoxy) is 1. The monoisotopic (exact) mass is 327 g/mol. The van der Waals surface area contributed by atoms with Crippen LogP contribution in [-0.2, 0) is 20.7 Å². The number of aliphatic imine (C=N–C) groups is 1. The third kappa shape index (κ3) is 4.13. The Morgan fingerprint density at radius 1 is 1.42 bits per heavy atom. The molecule has 3 rings (SSSR count). The summed E-state index contributed by atoms with van der Waals surface area (Å²) in [6.45, 7) is 2.31. The zero-order valence-electron chi connectivity index (χ0n) is 14.1. The van der Waals surface area contributed by atoms with E-state index in [1.54, 1.807) is 6.21 Å². The second-order valence-corrected chi connectivity index (χ2v) is 5.67. The van der Waals surface area contributed by atoms with Gasteiger partial charge in [0.15, 0.2) is 6.61 Å². The van der Waals surface area contributed by atoms with Gasteiger partial charge in [0.05, 0.1) is 20.3 Å². The van der Waals surface area contributed by atoms with E-state index in [2.05, 4.69) is 30.0 Å². The van der Waals surface area contributed by atoms with Crippen LogP contribution in [0.15, 0.2) is 46.8 Å². The van der Waals surface area contributed by atoms with Gasteiger partial charge in [0.2, 0.25) is 5.96 Å². The lowest BCUT2D eigenvalue weighted by Gasteiger charge is -2.12. The Balaban J connectivity index is 1.52. The standard InChI is InChI=1S/C17H23N6O/c1-22-10-11-23(2)16(22)13-24-15-6-4-14(5-7-15)12-20-21-17-18-8-3-9-19-17/h4-7,10-12H,3,8-9,13H2,1-2H3,(H2,18,19,21)/q+1/b20-12-. The van der Waals surface area contributed by atoms with Crippen LogP contribution in [0.1, 0.15) is 17.8 Å². The molecule has 7 heteroatoms. The van der Waals surface area contributed by atoms with E-state index in [9.17, 15) is 0 Å². The number of nitrogens with one attached hydrogen (secondary N) is 2. The average Bonchev–Trinajstić information content (AvgIpc) is 2.93. The first-order valence-electron chi connectivity index (χ1n) is 8.02. The Bertz CT molecular complexity index is 713. The normalized spacial score (nSPS) is 14.3. The van der Waals surface area contributed by atoms with E-state index >= 15 is 0 Å². The van der Waals surface area contributed by atoms with Crippen molar-refractivity contribution in [1.82, 2.24) is 15.3 Å². The fourth-order valence-corrected chi connectivity index (χ4v) is 2.40. The smallest absolute Gasteiger partial charge is 0.294 e. The number of hydrogen-bond donors (Lipinski definition) is 2. The molecule has 0 bridgehead atoms. The van der Waals surface area contributed by atoms with Crippen LogP contribution in [0.3, 0.4) is 0 Å². The molecule has 1 aliphatic rings. The zero-order chi connectivity index (χ0) is 16.8. The summed E-state index contributed by atoms with van der Waals surface area (Å²) in [6.07, 6.45) is 6.85. The zero-order valence-corrected chi connectivity index (χ0v) is 14.1. The molecule has 1 aliphatic heterocycles. The van der Waals surface area contributed by atoms with Crippen molar-refractivity contribution in [2.24, 2.45) is 24.2 Å². The van der Waals surface area contributed by atoms with Gasteiger partial charge in [0.1, 0.15) is 18.1 Å². The summed E-state index contributed by atoms with van der Waals surface area (Å²) in [4.78, 5) is 4.29. The fourth-order valence-electron chi connectivity index (χ4n) is 2.40. The number of aromatic nitrogens is 2. The molecule has 2 heterocycles. The van der Waals surface area contributed by atoms with Gasteiger partial charge >= 0.3 is 0 Å². The molecule has 1 aromatic carbocycles. The third-order valence-corrected chi connectivity index (χ3v) is 3.86. The summed E-state index contributed by atoms with van der Waals surface area (Å²) in [5, 5.41) is 7.34. The van der Waals surface area contributed by atoms with Gasteiger partial charge in [-0.2, -0.15) is 5.10 Å². The minimum atomic E-state index is 0.528. The molecule has 2 aromatic rings. The van der Waals surface area contributed by atoms with Crippen molar-refractivity contribution in [3.05, 3.63) is 48.0 Å². The second-order valence-electron chi connectivity index (χ2n) is 5.67. The van der Waals surface area contributed by atoms with Crippen molar-refractivity contribution >= 4 is 12.2 Å². The number of imidazole rings is 1. The van der Waals surface area contributed by atoms with Gasteiger partial charge in [-0.3, -0.25) is 4.99 Å². The Kier molecular flexibility index (Phi) is 5.10. The summed E-state index contributed by atoms with van der Waals surface area (Å²) < 4.78 is 9.94. The van der Waals surface area contributed by atoms with Crippen LogP contribution < -0.4 is 20.0 Å². The van der Waals surface area contributed by atoms with Crippen LogP contribution in [0.25, 0.3) is 0 Å². The number of rotatable bonds is 5. The van der Waals surface area contributed by atoms with Gasteiger partial charge in [0, 0.05) is 13.1 Å². The van der Waals surface area contributed by atoms with Crippen LogP contribution in [0, 0.1) is 0 Å². The highest BCUT2D eigenvalue weighted by molar-refractivity contribution is 5.84. The average molecular weight is 327 g/mol. The molecule has 0 unspecified atom stereocenters. The Morgan fingerprint density at radius 2 is 2.25 bits per heavy atom. The van der Waals surface area contributed by atoms with Gasteiger partial charge in [-0.15, -0.1) is 0 Å². The molecule has 126 valence electrons. The maximum atomic E-state index is 5.84. The van der Waals surface area contributed by atoms with E-state index < -0.39 is 0 Å². The van der Waals surface area contributed by atoms with Gasteiger partial charge in [-0.05, 0) is 36.2 Å². The number of aryl methyl sites for hydroxylation is 2. The highest BCUT2D eigenvalue weighted by Crippen LogP contribution is 2.12. The summed E-state index contributed by atoms with van der Waals surface area (Å²) in [7, 11) is 4.02. The lowest BCUT2D eigenvalue weighted by Crippen LogP contribution is -2.38. The topological polar surface area (TPSA) is 66.8 Å². The maximum absolute atomic E-state index is 5.84. The fraction of sp³-hybridized carbons (Fsp3) is 0.353. The van der Waals surface area contributed by atoms with E-state index in [1.807, 2.05) is 50.8 Å². The van der Waals surface area contributed by atoms with Crippen LogP contribution in [0.5, 0.6) is 5.75 Å². The molecule has 0 fully saturated rings.